The van der Waals surface area contributed by atoms with Gasteiger partial charge in [-0.15, -0.1) is 0 Å². The quantitative estimate of drug-likeness (QED) is 0.799. The molecule has 2 bridgehead atoms. The smallest absolute Gasteiger partial charge is 0.337 e. The molecular formula is C23H31NO4. The molecule has 1 aliphatic heterocycles. The lowest BCUT2D eigenvalue weighted by molar-refractivity contribution is -0.137. The van der Waals surface area contributed by atoms with Crippen molar-refractivity contribution in [2.45, 2.75) is 58.6 Å². The average Bonchev–Trinajstić information content (AvgIpc) is 3.19. The molecule has 2 aliphatic carbocycles. The fourth-order valence-electron chi connectivity index (χ4n) is 6.31. The molecule has 5 nitrogen and oxygen atoms in total. The van der Waals surface area contributed by atoms with Crippen LogP contribution in [0.4, 0.5) is 0 Å². The van der Waals surface area contributed by atoms with Gasteiger partial charge in [-0.2, -0.15) is 0 Å². The Morgan fingerprint density at radius 3 is 2.61 bits per heavy atom. The molecule has 3 fully saturated rings. The standard InChI is InChI=1S/C23H31NO4/c1-5-18(25)24-21-22(2,3)16-12-17-19(28-11-10-23(17,21)13-16)14-6-8-15(9-7-14)20(26)27-4/h6-9,16-17,19,21H,5,10-13H2,1-4H3,(H,24,25)/t16-,17-,19-,21+,23-/m1/s1. The second-order valence-electron chi connectivity index (χ2n) is 9.31. The normalized spacial score (nSPS) is 35.3. The maximum atomic E-state index is 12.3. The van der Waals surface area contributed by atoms with Gasteiger partial charge in [-0.05, 0) is 59.6 Å². The van der Waals surface area contributed by atoms with Crippen molar-refractivity contribution >= 4 is 11.9 Å². The molecule has 2 saturated carbocycles. The van der Waals surface area contributed by atoms with Crippen molar-refractivity contribution in [1.82, 2.24) is 5.32 Å². The molecular weight excluding hydrogens is 354 g/mol. The van der Waals surface area contributed by atoms with Crippen LogP contribution in [0.2, 0.25) is 0 Å². The van der Waals surface area contributed by atoms with Crippen LogP contribution in [0.15, 0.2) is 24.3 Å². The van der Waals surface area contributed by atoms with E-state index < -0.39 is 0 Å². The van der Waals surface area contributed by atoms with Gasteiger partial charge in [0.05, 0.1) is 18.8 Å². The van der Waals surface area contributed by atoms with Crippen LogP contribution in [0, 0.1) is 22.7 Å². The van der Waals surface area contributed by atoms with Gasteiger partial charge < -0.3 is 14.8 Å². The number of hydrogen-bond donors (Lipinski definition) is 1. The van der Waals surface area contributed by atoms with E-state index in [4.69, 9.17) is 9.47 Å². The second-order valence-corrected chi connectivity index (χ2v) is 9.31. The number of esters is 1. The molecule has 5 atom stereocenters. The first-order valence-corrected chi connectivity index (χ1v) is 10.4. The fourth-order valence-corrected chi connectivity index (χ4v) is 6.31. The lowest BCUT2D eigenvalue weighted by Gasteiger charge is -2.53. The molecule has 0 radical (unpaired) electrons. The van der Waals surface area contributed by atoms with E-state index in [1.165, 1.54) is 13.5 Å². The summed E-state index contributed by atoms with van der Waals surface area (Å²) in [6, 6.07) is 7.81. The van der Waals surface area contributed by atoms with E-state index in [0.717, 1.165) is 18.4 Å². The van der Waals surface area contributed by atoms with Crippen LogP contribution in [0.1, 0.15) is 68.5 Å². The first-order valence-electron chi connectivity index (χ1n) is 10.4. The SMILES string of the molecule is CCC(=O)N[C@H]1C(C)(C)[C@@H]2C[C@@H]3[C@@H](c4ccc(C(=O)OC)cc4)OCC[C@@]31C2. The highest BCUT2D eigenvalue weighted by molar-refractivity contribution is 5.89. The maximum Gasteiger partial charge on any atom is 0.337 e. The van der Waals surface area contributed by atoms with Crippen LogP contribution in [0.3, 0.4) is 0 Å². The van der Waals surface area contributed by atoms with Gasteiger partial charge in [0.1, 0.15) is 0 Å². The molecule has 0 aromatic heterocycles. The van der Waals surface area contributed by atoms with E-state index in [1.807, 2.05) is 31.2 Å². The van der Waals surface area contributed by atoms with E-state index in [0.29, 0.717) is 30.4 Å². The highest BCUT2D eigenvalue weighted by Gasteiger charge is 2.68. The summed E-state index contributed by atoms with van der Waals surface area (Å²) < 4.78 is 11.1. The van der Waals surface area contributed by atoms with Crippen LogP contribution < -0.4 is 5.32 Å². The largest absolute Gasteiger partial charge is 0.465 e. The van der Waals surface area contributed by atoms with Gasteiger partial charge in [-0.3, -0.25) is 4.79 Å². The molecule has 1 aromatic rings. The summed E-state index contributed by atoms with van der Waals surface area (Å²) in [7, 11) is 1.39. The van der Waals surface area contributed by atoms with Crippen LogP contribution in [-0.4, -0.2) is 31.6 Å². The summed E-state index contributed by atoms with van der Waals surface area (Å²) in [6.45, 7) is 7.26. The van der Waals surface area contributed by atoms with Crippen molar-refractivity contribution in [2.75, 3.05) is 13.7 Å². The Hall–Kier alpha value is -1.88. The topological polar surface area (TPSA) is 64.6 Å². The average molecular weight is 386 g/mol. The first-order chi connectivity index (χ1) is 13.3. The molecule has 4 rings (SSSR count). The van der Waals surface area contributed by atoms with Crippen molar-refractivity contribution in [3.63, 3.8) is 0 Å². The monoisotopic (exact) mass is 385 g/mol. The first kappa shape index (κ1) is 19.4. The number of carbonyl (C=O) groups excluding carboxylic acids is 2. The highest BCUT2D eigenvalue weighted by atomic mass is 16.5. The Kier molecular flexibility index (Phi) is 4.77. The lowest BCUT2D eigenvalue weighted by atomic mass is 9.59. The van der Waals surface area contributed by atoms with Crippen molar-refractivity contribution < 1.29 is 19.1 Å². The minimum atomic E-state index is -0.323. The number of amides is 1. The van der Waals surface area contributed by atoms with Crippen LogP contribution in [-0.2, 0) is 14.3 Å². The van der Waals surface area contributed by atoms with E-state index in [9.17, 15) is 9.59 Å². The third-order valence-corrected chi connectivity index (χ3v) is 7.79. The number of ether oxygens (including phenoxy) is 2. The molecule has 0 unspecified atom stereocenters. The van der Waals surface area contributed by atoms with Crippen molar-refractivity contribution in [1.29, 1.82) is 0 Å². The second kappa shape index (κ2) is 6.87. The van der Waals surface area contributed by atoms with Gasteiger partial charge in [0.2, 0.25) is 5.91 Å². The van der Waals surface area contributed by atoms with Crippen molar-refractivity contribution in [3.8, 4) is 0 Å². The van der Waals surface area contributed by atoms with Gasteiger partial charge in [0.25, 0.3) is 0 Å². The zero-order valence-electron chi connectivity index (χ0n) is 17.3. The van der Waals surface area contributed by atoms with Gasteiger partial charge >= 0.3 is 5.97 Å². The molecule has 152 valence electrons. The van der Waals surface area contributed by atoms with E-state index in [2.05, 4.69) is 19.2 Å². The number of nitrogens with one attached hydrogen (secondary N) is 1. The molecule has 3 aliphatic rings. The van der Waals surface area contributed by atoms with Gasteiger partial charge in [-0.1, -0.05) is 32.9 Å². The zero-order chi connectivity index (χ0) is 20.1. The molecule has 1 N–H and O–H groups in total. The van der Waals surface area contributed by atoms with Gasteiger partial charge in [0.15, 0.2) is 0 Å². The minimum Gasteiger partial charge on any atom is -0.465 e. The predicted octanol–water partition coefficient (Wildman–Crippen LogP) is 3.88. The van der Waals surface area contributed by atoms with Crippen LogP contribution in [0.5, 0.6) is 0 Å². The molecule has 1 saturated heterocycles. The van der Waals surface area contributed by atoms with Gasteiger partial charge in [-0.25, -0.2) is 4.79 Å². The number of benzene rings is 1. The summed E-state index contributed by atoms with van der Waals surface area (Å²) in [5.74, 6) is 0.810. The van der Waals surface area contributed by atoms with Crippen molar-refractivity contribution in [2.24, 2.45) is 22.7 Å². The molecule has 1 spiro atoms. The van der Waals surface area contributed by atoms with Crippen LogP contribution in [0.25, 0.3) is 0 Å². The Morgan fingerprint density at radius 2 is 1.96 bits per heavy atom. The summed E-state index contributed by atoms with van der Waals surface area (Å²) in [5, 5.41) is 3.39. The van der Waals surface area contributed by atoms with E-state index >= 15 is 0 Å². The summed E-state index contributed by atoms with van der Waals surface area (Å²) in [6.07, 6.45) is 3.84. The minimum absolute atomic E-state index is 0.0163. The number of methoxy groups -OCH3 is 1. The number of rotatable bonds is 4. The third-order valence-electron chi connectivity index (χ3n) is 7.79. The lowest BCUT2D eigenvalue weighted by Crippen LogP contribution is -2.58. The molecule has 28 heavy (non-hydrogen) atoms. The summed E-state index contributed by atoms with van der Waals surface area (Å²) in [5.41, 5.74) is 1.88. The number of carbonyl (C=O) groups is 2. The summed E-state index contributed by atoms with van der Waals surface area (Å²) >= 11 is 0. The fraction of sp³-hybridized carbons (Fsp3) is 0.652. The van der Waals surface area contributed by atoms with Gasteiger partial charge in [0, 0.05) is 19.1 Å². The Labute approximate surface area is 167 Å². The van der Waals surface area contributed by atoms with E-state index in [-0.39, 0.29) is 34.9 Å². The molecule has 1 heterocycles. The Bertz CT molecular complexity index is 771. The molecule has 1 amide bonds. The Balaban J connectivity index is 1.64. The third kappa shape index (κ3) is 2.78. The maximum absolute atomic E-state index is 12.3. The zero-order valence-corrected chi connectivity index (χ0v) is 17.3. The summed E-state index contributed by atoms with van der Waals surface area (Å²) in [4.78, 5) is 24.0. The van der Waals surface area contributed by atoms with Crippen molar-refractivity contribution in [3.05, 3.63) is 35.4 Å². The molecule has 1 aromatic carbocycles. The van der Waals surface area contributed by atoms with Crippen LogP contribution >= 0.6 is 0 Å². The Morgan fingerprint density at radius 1 is 1.25 bits per heavy atom. The molecule has 5 heteroatoms. The van der Waals surface area contributed by atoms with E-state index in [1.54, 1.807) is 0 Å². The number of hydrogen-bond acceptors (Lipinski definition) is 4. The predicted molar refractivity (Wildman–Crippen MR) is 106 cm³/mol. The highest BCUT2D eigenvalue weighted by Crippen LogP contribution is 2.70. The number of fused-ring (bicyclic) bond motifs is 1.